The van der Waals surface area contributed by atoms with Gasteiger partial charge in [-0.1, -0.05) is 26.2 Å². The fourth-order valence-corrected chi connectivity index (χ4v) is 1.34. The molecule has 0 aliphatic rings. The molecule has 0 aliphatic heterocycles. The molecule has 2 heteroatoms. The highest BCUT2D eigenvalue weighted by atomic mass is 16.5. The minimum atomic E-state index is 0.326. The first-order valence-electron chi connectivity index (χ1n) is 5.53. The molecule has 0 aliphatic carbocycles. The lowest BCUT2D eigenvalue weighted by Gasteiger charge is -2.11. The minimum absolute atomic E-state index is 0.326. The molecule has 2 nitrogen and oxygen atoms in total. The van der Waals surface area contributed by atoms with E-state index in [-0.39, 0.29) is 0 Å². The van der Waals surface area contributed by atoms with Gasteiger partial charge in [0.1, 0.15) is 0 Å². The van der Waals surface area contributed by atoms with Crippen LogP contribution in [0.25, 0.3) is 0 Å². The van der Waals surface area contributed by atoms with Crippen molar-refractivity contribution in [1.29, 1.82) is 0 Å². The van der Waals surface area contributed by atoms with Gasteiger partial charge in [0.25, 0.3) is 0 Å². The lowest BCUT2D eigenvalue weighted by Crippen LogP contribution is -2.08. The van der Waals surface area contributed by atoms with Gasteiger partial charge in [0.15, 0.2) is 0 Å². The maximum Gasteiger partial charge on any atom is 0.0546 e. The number of rotatable bonds is 9. The molecular weight excluding hydrogens is 164 g/mol. The van der Waals surface area contributed by atoms with Gasteiger partial charge in [0.2, 0.25) is 0 Å². The van der Waals surface area contributed by atoms with E-state index >= 15 is 0 Å². The van der Waals surface area contributed by atoms with Gasteiger partial charge in [-0.25, -0.2) is 0 Å². The fraction of sp³-hybridized carbons (Fsp3) is 1.00. The zero-order valence-electron chi connectivity index (χ0n) is 9.09. The number of unbranched alkanes of at least 4 members (excludes halogenated alkanes) is 3. The summed E-state index contributed by atoms with van der Waals surface area (Å²) in [5.74, 6) is 0. The number of hydrogen-bond acceptors (Lipinski definition) is 2. The molecule has 1 unspecified atom stereocenters. The van der Waals surface area contributed by atoms with Crippen molar-refractivity contribution >= 4 is 0 Å². The van der Waals surface area contributed by atoms with Crippen molar-refractivity contribution in [2.24, 2.45) is 0 Å². The van der Waals surface area contributed by atoms with Crippen molar-refractivity contribution in [3.05, 3.63) is 0 Å². The number of aliphatic hydroxyl groups excluding tert-OH is 1. The van der Waals surface area contributed by atoms with E-state index in [9.17, 15) is 0 Å². The van der Waals surface area contributed by atoms with Crippen molar-refractivity contribution in [2.75, 3.05) is 13.2 Å². The number of hydrogen-bond donors (Lipinski definition) is 1. The predicted octanol–water partition coefficient (Wildman–Crippen LogP) is 2.74. The highest BCUT2D eigenvalue weighted by molar-refractivity contribution is 4.48. The molecule has 0 saturated carbocycles. The van der Waals surface area contributed by atoms with Gasteiger partial charge in [0, 0.05) is 13.2 Å². The Morgan fingerprint density at radius 2 is 1.85 bits per heavy atom. The van der Waals surface area contributed by atoms with Crippen LogP contribution in [0, 0.1) is 0 Å². The standard InChI is InChI=1S/C11H24O2/c1-3-8-11(2)13-10-7-5-4-6-9-12/h11-12H,3-10H2,1-2H3. The molecule has 13 heavy (non-hydrogen) atoms. The van der Waals surface area contributed by atoms with Crippen LogP contribution < -0.4 is 0 Å². The van der Waals surface area contributed by atoms with E-state index in [0.29, 0.717) is 12.7 Å². The molecule has 0 saturated heterocycles. The molecule has 0 bridgehead atoms. The van der Waals surface area contributed by atoms with Gasteiger partial charge in [-0.2, -0.15) is 0 Å². The lowest BCUT2D eigenvalue weighted by molar-refractivity contribution is 0.0569. The molecular formula is C11H24O2. The predicted molar refractivity (Wildman–Crippen MR) is 55.9 cm³/mol. The van der Waals surface area contributed by atoms with Gasteiger partial charge < -0.3 is 9.84 Å². The Bertz CT molecular complexity index is 94.1. The largest absolute Gasteiger partial charge is 0.396 e. The van der Waals surface area contributed by atoms with Crippen LogP contribution in [-0.4, -0.2) is 24.4 Å². The van der Waals surface area contributed by atoms with Crippen LogP contribution in [0.3, 0.4) is 0 Å². The third-order valence-electron chi connectivity index (χ3n) is 2.15. The van der Waals surface area contributed by atoms with Crippen LogP contribution >= 0.6 is 0 Å². The Hall–Kier alpha value is -0.0800. The quantitative estimate of drug-likeness (QED) is 0.564. The summed E-state index contributed by atoms with van der Waals surface area (Å²) in [6, 6.07) is 0. The van der Waals surface area contributed by atoms with E-state index in [4.69, 9.17) is 9.84 Å². The van der Waals surface area contributed by atoms with Crippen molar-refractivity contribution in [3.63, 3.8) is 0 Å². The summed E-state index contributed by atoms with van der Waals surface area (Å²) in [5, 5.41) is 8.55. The van der Waals surface area contributed by atoms with Crippen molar-refractivity contribution in [1.82, 2.24) is 0 Å². The second-order valence-electron chi connectivity index (χ2n) is 3.61. The Morgan fingerprint density at radius 3 is 2.46 bits per heavy atom. The first kappa shape index (κ1) is 12.9. The molecule has 1 N–H and O–H groups in total. The molecule has 0 heterocycles. The first-order chi connectivity index (χ1) is 6.31. The molecule has 0 radical (unpaired) electrons. The van der Waals surface area contributed by atoms with Crippen LogP contribution in [0.15, 0.2) is 0 Å². The van der Waals surface area contributed by atoms with Crippen LogP contribution in [-0.2, 0) is 4.74 Å². The second-order valence-corrected chi connectivity index (χ2v) is 3.61. The van der Waals surface area contributed by atoms with E-state index in [1.165, 1.54) is 12.8 Å². The van der Waals surface area contributed by atoms with Gasteiger partial charge in [-0.15, -0.1) is 0 Å². The average Bonchev–Trinajstić information content (AvgIpc) is 2.11. The van der Waals surface area contributed by atoms with Gasteiger partial charge in [0.05, 0.1) is 6.10 Å². The normalized spacial score (nSPS) is 13.2. The minimum Gasteiger partial charge on any atom is -0.396 e. The Labute approximate surface area is 82.3 Å². The zero-order valence-corrected chi connectivity index (χ0v) is 9.09. The average molecular weight is 188 g/mol. The van der Waals surface area contributed by atoms with E-state index in [1.54, 1.807) is 0 Å². The second kappa shape index (κ2) is 10.0. The summed E-state index contributed by atoms with van der Waals surface area (Å²) >= 11 is 0. The van der Waals surface area contributed by atoms with Crippen LogP contribution in [0.5, 0.6) is 0 Å². The van der Waals surface area contributed by atoms with E-state index < -0.39 is 0 Å². The molecule has 80 valence electrons. The third-order valence-corrected chi connectivity index (χ3v) is 2.15. The maximum atomic E-state index is 8.55. The van der Waals surface area contributed by atoms with E-state index in [0.717, 1.165) is 32.3 Å². The summed E-state index contributed by atoms with van der Waals surface area (Å²) in [6.45, 7) is 5.53. The SMILES string of the molecule is CCCC(C)OCCCCCCO. The van der Waals surface area contributed by atoms with E-state index in [2.05, 4.69) is 13.8 Å². The molecule has 0 fully saturated rings. The third kappa shape index (κ3) is 9.84. The van der Waals surface area contributed by atoms with Gasteiger partial charge in [-0.3, -0.25) is 0 Å². The van der Waals surface area contributed by atoms with Crippen molar-refractivity contribution in [3.8, 4) is 0 Å². The van der Waals surface area contributed by atoms with Crippen molar-refractivity contribution in [2.45, 2.75) is 58.5 Å². The molecule has 1 atom stereocenters. The van der Waals surface area contributed by atoms with Crippen LogP contribution in [0.2, 0.25) is 0 Å². The van der Waals surface area contributed by atoms with Crippen molar-refractivity contribution < 1.29 is 9.84 Å². The van der Waals surface area contributed by atoms with Crippen LogP contribution in [0.4, 0.5) is 0 Å². The molecule has 0 spiro atoms. The molecule has 0 amide bonds. The number of ether oxygens (including phenoxy) is 1. The molecule has 0 aromatic carbocycles. The Kier molecular flexibility index (Phi) is 9.94. The summed E-state index contributed by atoms with van der Waals surface area (Å²) in [7, 11) is 0. The molecule has 0 aromatic rings. The number of aliphatic hydroxyl groups is 1. The molecule has 0 aromatic heterocycles. The maximum absolute atomic E-state index is 8.55. The summed E-state index contributed by atoms with van der Waals surface area (Å²) in [6.07, 6.45) is 7.16. The summed E-state index contributed by atoms with van der Waals surface area (Å²) in [5.41, 5.74) is 0. The lowest BCUT2D eigenvalue weighted by atomic mass is 10.2. The topological polar surface area (TPSA) is 29.5 Å². The smallest absolute Gasteiger partial charge is 0.0546 e. The van der Waals surface area contributed by atoms with E-state index in [1.807, 2.05) is 0 Å². The highest BCUT2D eigenvalue weighted by Gasteiger charge is 1.98. The summed E-state index contributed by atoms with van der Waals surface area (Å²) < 4.78 is 5.60. The van der Waals surface area contributed by atoms with Crippen LogP contribution in [0.1, 0.15) is 52.4 Å². The Balaban J connectivity index is 2.97. The molecule has 0 rings (SSSR count). The first-order valence-corrected chi connectivity index (χ1v) is 5.53. The van der Waals surface area contributed by atoms with Gasteiger partial charge in [-0.05, 0) is 26.2 Å². The highest BCUT2D eigenvalue weighted by Crippen LogP contribution is 2.04. The van der Waals surface area contributed by atoms with Gasteiger partial charge >= 0.3 is 0 Å². The summed E-state index contributed by atoms with van der Waals surface area (Å²) in [4.78, 5) is 0. The fourth-order valence-electron chi connectivity index (χ4n) is 1.34. The monoisotopic (exact) mass is 188 g/mol. The zero-order chi connectivity index (χ0) is 9.94. The Morgan fingerprint density at radius 1 is 1.15 bits per heavy atom.